The maximum absolute atomic E-state index is 14.5. The number of rotatable bonds is 6. The fourth-order valence-corrected chi connectivity index (χ4v) is 5.34. The van der Waals surface area contributed by atoms with E-state index in [2.05, 4.69) is 16.0 Å². The van der Waals surface area contributed by atoms with Crippen LogP contribution in [-0.2, 0) is 4.79 Å². The zero-order valence-corrected chi connectivity index (χ0v) is 22.6. The van der Waals surface area contributed by atoms with Crippen molar-refractivity contribution in [3.63, 3.8) is 0 Å². The monoisotopic (exact) mass is 627 g/mol. The van der Waals surface area contributed by atoms with Gasteiger partial charge in [-0.2, -0.15) is 0 Å². The normalized spacial score (nSPS) is 17.6. The predicted molar refractivity (Wildman–Crippen MR) is 141 cm³/mol. The van der Waals surface area contributed by atoms with E-state index in [9.17, 15) is 27.2 Å². The SMILES string of the molecule is CNc1cc(NC(=O)c2cc(NC(=O)[C@H]3[C@H](c4cc(Cl)c(Cl)c(Cl)c4)C3(Cl)Cl)cc(F)c2F)c(F)cc1F. The Labute approximate surface area is 238 Å². The van der Waals surface area contributed by atoms with E-state index in [0.29, 0.717) is 17.7 Å². The van der Waals surface area contributed by atoms with Gasteiger partial charge in [0.2, 0.25) is 5.91 Å². The molecule has 0 bridgehead atoms. The standard InChI is InChI=1S/C24H14Cl5F4N3O2/c1-34-16-7-17(14(31)6-13(16)30)36-22(37)10-4-9(5-15(32)21(10)33)35-23(38)19-18(24(19,28)29)8-2-11(25)20(27)12(26)3-8/h2-7,18-19,34H,1H3,(H,35,38)(H,36,37)/t18-,19+/m0/s1. The number of hydrogen-bond donors (Lipinski definition) is 3. The molecule has 3 N–H and O–H groups in total. The molecule has 0 aromatic heterocycles. The van der Waals surface area contributed by atoms with Gasteiger partial charge in [-0.05, 0) is 29.8 Å². The lowest BCUT2D eigenvalue weighted by molar-refractivity contribution is -0.117. The molecule has 0 radical (unpaired) electrons. The van der Waals surface area contributed by atoms with Crippen LogP contribution in [0.2, 0.25) is 15.1 Å². The molecule has 2 amide bonds. The van der Waals surface area contributed by atoms with Crippen LogP contribution in [0.3, 0.4) is 0 Å². The molecule has 0 unspecified atom stereocenters. The molecule has 5 nitrogen and oxygen atoms in total. The van der Waals surface area contributed by atoms with E-state index in [1.54, 1.807) is 0 Å². The quantitative estimate of drug-likeness (QED) is 0.147. The van der Waals surface area contributed by atoms with Crippen LogP contribution in [0, 0.1) is 29.2 Å². The third-order valence-corrected chi connectivity index (χ3v) is 7.95. The molecule has 0 heterocycles. The van der Waals surface area contributed by atoms with Gasteiger partial charge in [-0.3, -0.25) is 9.59 Å². The number of hydrogen-bond acceptors (Lipinski definition) is 3. The van der Waals surface area contributed by atoms with Gasteiger partial charge < -0.3 is 16.0 Å². The first kappa shape index (κ1) is 28.6. The highest BCUT2D eigenvalue weighted by atomic mass is 35.5. The van der Waals surface area contributed by atoms with Gasteiger partial charge >= 0.3 is 0 Å². The van der Waals surface area contributed by atoms with Crippen LogP contribution in [0.4, 0.5) is 34.6 Å². The number of carbonyl (C=O) groups excluding carboxylic acids is 2. The van der Waals surface area contributed by atoms with Crippen LogP contribution in [0.1, 0.15) is 21.8 Å². The predicted octanol–water partition coefficient (Wildman–Crippen LogP) is 8.02. The van der Waals surface area contributed by atoms with Gasteiger partial charge in [0.05, 0.1) is 37.9 Å². The minimum absolute atomic E-state index is 0.101. The molecular weight excluding hydrogens is 616 g/mol. The highest BCUT2D eigenvalue weighted by Crippen LogP contribution is 2.65. The molecular formula is C24H14Cl5F4N3O2. The fourth-order valence-electron chi connectivity index (χ4n) is 3.89. The van der Waals surface area contributed by atoms with Crippen molar-refractivity contribution in [2.45, 2.75) is 10.3 Å². The molecule has 38 heavy (non-hydrogen) atoms. The molecule has 1 aliphatic rings. The summed E-state index contributed by atoms with van der Waals surface area (Å²) in [5, 5.41) is 7.17. The Morgan fingerprint density at radius 1 is 0.816 bits per heavy atom. The number of nitrogens with one attached hydrogen (secondary N) is 3. The molecule has 0 saturated heterocycles. The van der Waals surface area contributed by atoms with Crippen LogP contribution in [0.15, 0.2) is 36.4 Å². The van der Waals surface area contributed by atoms with Crippen LogP contribution in [0.25, 0.3) is 0 Å². The summed E-state index contributed by atoms with van der Waals surface area (Å²) < 4.78 is 55.1. The molecule has 1 saturated carbocycles. The van der Waals surface area contributed by atoms with E-state index >= 15 is 0 Å². The first-order valence-electron chi connectivity index (χ1n) is 10.6. The lowest BCUT2D eigenvalue weighted by Gasteiger charge is -2.12. The maximum atomic E-state index is 14.5. The van der Waals surface area contributed by atoms with Crippen molar-refractivity contribution in [2.75, 3.05) is 23.0 Å². The number of amides is 2. The second-order valence-electron chi connectivity index (χ2n) is 8.25. The lowest BCUT2D eigenvalue weighted by atomic mass is 10.1. The Balaban J connectivity index is 1.57. The Morgan fingerprint density at radius 3 is 2.03 bits per heavy atom. The Hall–Kier alpha value is -2.43. The minimum Gasteiger partial charge on any atom is -0.386 e. The number of anilines is 3. The van der Waals surface area contributed by atoms with Crippen molar-refractivity contribution in [3.05, 3.63) is 85.9 Å². The second-order valence-corrected chi connectivity index (χ2v) is 10.9. The highest BCUT2D eigenvalue weighted by molar-refractivity contribution is 6.54. The first-order valence-corrected chi connectivity index (χ1v) is 12.5. The summed E-state index contributed by atoms with van der Waals surface area (Å²) in [6, 6.07) is 5.81. The van der Waals surface area contributed by atoms with Crippen LogP contribution in [0.5, 0.6) is 0 Å². The smallest absolute Gasteiger partial charge is 0.258 e. The summed E-state index contributed by atoms with van der Waals surface area (Å²) in [4.78, 5) is 25.6. The largest absolute Gasteiger partial charge is 0.386 e. The van der Waals surface area contributed by atoms with Crippen LogP contribution in [-0.4, -0.2) is 23.2 Å². The molecule has 1 aliphatic carbocycles. The van der Waals surface area contributed by atoms with Gasteiger partial charge in [0.1, 0.15) is 16.0 Å². The van der Waals surface area contributed by atoms with Crippen LogP contribution < -0.4 is 16.0 Å². The van der Waals surface area contributed by atoms with E-state index in [1.807, 2.05) is 0 Å². The van der Waals surface area contributed by atoms with E-state index < -0.39 is 62.5 Å². The molecule has 1 fully saturated rings. The molecule has 4 rings (SSSR count). The van der Waals surface area contributed by atoms with Crippen molar-refractivity contribution < 1.29 is 27.2 Å². The average molecular weight is 630 g/mol. The highest BCUT2D eigenvalue weighted by Gasteiger charge is 2.67. The Kier molecular flexibility index (Phi) is 7.99. The molecule has 0 spiro atoms. The zero-order chi connectivity index (χ0) is 28.1. The maximum Gasteiger partial charge on any atom is 0.258 e. The fraction of sp³-hybridized carbons (Fsp3) is 0.167. The molecule has 0 aliphatic heterocycles. The van der Waals surface area contributed by atoms with Crippen LogP contribution >= 0.6 is 58.0 Å². The average Bonchev–Trinajstić information content (AvgIpc) is 3.42. The number of benzene rings is 3. The first-order chi connectivity index (χ1) is 17.8. The van der Waals surface area contributed by atoms with Crippen molar-refractivity contribution >= 4 is 86.9 Å². The van der Waals surface area contributed by atoms with Gasteiger partial charge in [-0.15, -0.1) is 23.2 Å². The van der Waals surface area contributed by atoms with Gasteiger partial charge in [0, 0.05) is 30.8 Å². The number of halogens is 9. The molecule has 14 heteroatoms. The summed E-state index contributed by atoms with van der Waals surface area (Å²) in [6.45, 7) is 0. The van der Waals surface area contributed by atoms with E-state index in [1.165, 1.54) is 19.2 Å². The van der Waals surface area contributed by atoms with Gasteiger partial charge in [-0.25, -0.2) is 17.6 Å². The zero-order valence-electron chi connectivity index (χ0n) is 18.8. The third kappa shape index (κ3) is 5.35. The number of alkyl halides is 2. The summed E-state index contributed by atoms with van der Waals surface area (Å²) in [7, 11) is 1.36. The summed E-state index contributed by atoms with van der Waals surface area (Å²) in [5.41, 5.74) is -1.40. The summed E-state index contributed by atoms with van der Waals surface area (Å²) in [6.07, 6.45) is 0. The van der Waals surface area contributed by atoms with E-state index in [-0.39, 0.29) is 26.4 Å². The minimum atomic E-state index is -1.59. The second kappa shape index (κ2) is 10.6. The Morgan fingerprint density at radius 2 is 1.42 bits per heavy atom. The lowest BCUT2D eigenvalue weighted by Crippen LogP contribution is -2.20. The van der Waals surface area contributed by atoms with Gasteiger partial charge in [0.15, 0.2) is 11.6 Å². The summed E-state index contributed by atoms with van der Waals surface area (Å²) >= 11 is 30.7. The number of carbonyl (C=O) groups is 2. The van der Waals surface area contributed by atoms with E-state index in [4.69, 9.17) is 58.0 Å². The van der Waals surface area contributed by atoms with Crippen molar-refractivity contribution in [3.8, 4) is 0 Å². The Bertz CT molecular complexity index is 1460. The third-order valence-electron chi connectivity index (χ3n) is 5.82. The van der Waals surface area contributed by atoms with Crippen molar-refractivity contribution in [1.29, 1.82) is 0 Å². The van der Waals surface area contributed by atoms with Crippen molar-refractivity contribution in [1.82, 2.24) is 0 Å². The van der Waals surface area contributed by atoms with Crippen molar-refractivity contribution in [2.24, 2.45) is 5.92 Å². The van der Waals surface area contributed by atoms with E-state index in [0.717, 1.165) is 12.1 Å². The molecule has 3 aromatic rings. The molecule has 2 atom stereocenters. The van der Waals surface area contributed by atoms with Gasteiger partial charge in [-0.1, -0.05) is 34.8 Å². The molecule has 200 valence electrons. The topological polar surface area (TPSA) is 70.2 Å². The van der Waals surface area contributed by atoms with Gasteiger partial charge in [0.25, 0.3) is 5.91 Å². The summed E-state index contributed by atoms with van der Waals surface area (Å²) in [5.74, 6) is -8.98. The molecule has 3 aromatic carbocycles.